The number of aromatic nitrogens is 2. The molecule has 0 bridgehead atoms. The van der Waals surface area contributed by atoms with Crippen LogP contribution in [0.25, 0.3) is 0 Å². The Kier molecular flexibility index (Phi) is 7.35. The fraction of sp³-hybridized carbons (Fsp3) is 0.474. The van der Waals surface area contributed by atoms with Crippen LogP contribution in [-0.2, 0) is 13.1 Å². The van der Waals surface area contributed by atoms with Gasteiger partial charge in [-0.3, -0.25) is 0 Å². The maximum atomic E-state index is 12.5. The fourth-order valence-corrected chi connectivity index (χ4v) is 3.11. The van der Waals surface area contributed by atoms with E-state index in [4.69, 9.17) is 23.2 Å². The van der Waals surface area contributed by atoms with Crippen molar-refractivity contribution in [2.24, 2.45) is 5.92 Å². The zero-order valence-corrected chi connectivity index (χ0v) is 17.2. The molecule has 7 heteroatoms. The van der Waals surface area contributed by atoms with Crippen molar-refractivity contribution in [3.63, 3.8) is 0 Å². The summed E-state index contributed by atoms with van der Waals surface area (Å²) in [6.45, 7) is 9.77. The molecule has 1 aromatic carbocycles. The highest BCUT2D eigenvalue weighted by atomic mass is 35.5. The van der Waals surface area contributed by atoms with Crippen LogP contribution in [-0.4, -0.2) is 33.1 Å². The normalized spacial score (nSPS) is 11.2. The van der Waals surface area contributed by atoms with Crippen molar-refractivity contribution in [1.29, 1.82) is 0 Å². The van der Waals surface area contributed by atoms with E-state index in [1.165, 1.54) is 0 Å². The molecule has 0 aliphatic heterocycles. The van der Waals surface area contributed by atoms with E-state index in [9.17, 15) is 4.79 Å². The van der Waals surface area contributed by atoms with Gasteiger partial charge in [0.15, 0.2) is 0 Å². The number of carbonyl (C=O) groups is 1. The van der Waals surface area contributed by atoms with Gasteiger partial charge in [0.25, 0.3) is 0 Å². The van der Waals surface area contributed by atoms with E-state index in [-0.39, 0.29) is 12.1 Å². The van der Waals surface area contributed by atoms with Gasteiger partial charge >= 0.3 is 6.03 Å². The number of imidazole rings is 1. The van der Waals surface area contributed by atoms with Gasteiger partial charge in [0.2, 0.25) is 0 Å². The zero-order valence-electron chi connectivity index (χ0n) is 15.7. The summed E-state index contributed by atoms with van der Waals surface area (Å²) in [4.78, 5) is 18.8. The molecule has 0 saturated carbocycles. The van der Waals surface area contributed by atoms with Crippen LogP contribution in [0.4, 0.5) is 4.79 Å². The molecule has 1 N–H and O–H groups in total. The smallest absolute Gasteiger partial charge is 0.318 e. The third-order valence-electron chi connectivity index (χ3n) is 3.77. The number of nitrogens with zero attached hydrogens (tertiary/aromatic N) is 3. The molecule has 0 unspecified atom stereocenters. The predicted octanol–water partition coefficient (Wildman–Crippen LogP) is 4.81. The van der Waals surface area contributed by atoms with E-state index in [1.807, 2.05) is 36.7 Å². The third kappa shape index (κ3) is 5.92. The standard InChI is InChI=1S/C19H26Cl2N4O/c1-13(2)10-25(19(26)23-14(3)4)12-18-22-7-8-24(18)11-15-5-6-16(20)9-17(15)21/h5-9,13-14H,10-12H2,1-4H3,(H,23,26). The van der Waals surface area contributed by atoms with E-state index in [0.29, 0.717) is 35.6 Å². The number of nitrogens with one attached hydrogen (secondary N) is 1. The van der Waals surface area contributed by atoms with E-state index in [1.54, 1.807) is 17.2 Å². The summed E-state index contributed by atoms with van der Waals surface area (Å²) in [5.41, 5.74) is 0.956. The Bertz CT molecular complexity index is 743. The van der Waals surface area contributed by atoms with Gasteiger partial charge in [-0.15, -0.1) is 0 Å². The topological polar surface area (TPSA) is 50.2 Å². The molecule has 0 atom stereocenters. The highest BCUT2D eigenvalue weighted by molar-refractivity contribution is 6.35. The first kappa shape index (κ1) is 20.6. The molecule has 0 saturated heterocycles. The van der Waals surface area contributed by atoms with E-state index >= 15 is 0 Å². The molecule has 1 aromatic heterocycles. The molecular weight excluding hydrogens is 371 g/mol. The lowest BCUT2D eigenvalue weighted by Gasteiger charge is -2.26. The first-order valence-electron chi connectivity index (χ1n) is 8.75. The SMILES string of the molecule is CC(C)CN(Cc1nccn1Cc1ccc(Cl)cc1Cl)C(=O)NC(C)C. The van der Waals surface area contributed by atoms with Crippen LogP contribution in [0.2, 0.25) is 10.0 Å². The van der Waals surface area contributed by atoms with Crippen molar-refractivity contribution in [2.45, 2.75) is 46.8 Å². The molecule has 2 amide bonds. The van der Waals surface area contributed by atoms with Crippen LogP contribution in [0.3, 0.4) is 0 Å². The Morgan fingerprint density at radius 2 is 2.00 bits per heavy atom. The van der Waals surface area contributed by atoms with E-state index in [0.717, 1.165) is 11.4 Å². The van der Waals surface area contributed by atoms with Gasteiger partial charge < -0.3 is 14.8 Å². The highest BCUT2D eigenvalue weighted by Crippen LogP contribution is 2.22. The monoisotopic (exact) mass is 396 g/mol. The van der Waals surface area contributed by atoms with Crippen molar-refractivity contribution < 1.29 is 4.79 Å². The number of hydrogen-bond acceptors (Lipinski definition) is 2. The highest BCUT2D eigenvalue weighted by Gasteiger charge is 2.18. The van der Waals surface area contributed by atoms with Crippen LogP contribution < -0.4 is 5.32 Å². The number of amides is 2. The summed E-state index contributed by atoms with van der Waals surface area (Å²) in [6, 6.07) is 5.47. The van der Waals surface area contributed by atoms with Crippen molar-refractivity contribution in [1.82, 2.24) is 19.8 Å². The van der Waals surface area contributed by atoms with Gasteiger partial charge in [0.05, 0.1) is 13.1 Å². The molecule has 1 heterocycles. The Morgan fingerprint density at radius 1 is 1.27 bits per heavy atom. The first-order valence-corrected chi connectivity index (χ1v) is 9.51. The lowest BCUT2D eigenvalue weighted by atomic mass is 10.2. The van der Waals surface area contributed by atoms with Crippen LogP contribution in [0.5, 0.6) is 0 Å². The second kappa shape index (κ2) is 9.28. The largest absolute Gasteiger partial charge is 0.336 e. The van der Waals surface area contributed by atoms with Crippen LogP contribution in [0, 0.1) is 5.92 Å². The Morgan fingerprint density at radius 3 is 2.62 bits per heavy atom. The quantitative estimate of drug-likeness (QED) is 0.729. The molecular formula is C19H26Cl2N4O. The average Bonchev–Trinajstić information content (AvgIpc) is 2.95. The summed E-state index contributed by atoms with van der Waals surface area (Å²) < 4.78 is 2.01. The Hall–Kier alpha value is -1.72. The predicted molar refractivity (Wildman–Crippen MR) is 107 cm³/mol. The number of rotatable bonds is 7. The minimum absolute atomic E-state index is 0.0761. The lowest BCUT2D eigenvalue weighted by molar-refractivity contribution is 0.183. The van der Waals surface area contributed by atoms with E-state index in [2.05, 4.69) is 24.1 Å². The summed E-state index contributed by atoms with van der Waals surface area (Å²) >= 11 is 12.3. The Labute approximate surface area is 165 Å². The van der Waals surface area contributed by atoms with Crippen LogP contribution >= 0.6 is 23.2 Å². The number of urea groups is 1. The molecule has 142 valence electrons. The molecule has 0 aliphatic rings. The second-order valence-corrected chi connectivity index (χ2v) is 7.93. The number of carbonyl (C=O) groups excluding carboxylic acids is 1. The van der Waals surface area contributed by atoms with Crippen LogP contribution in [0.15, 0.2) is 30.6 Å². The lowest BCUT2D eigenvalue weighted by Crippen LogP contribution is -2.44. The maximum Gasteiger partial charge on any atom is 0.318 e. The average molecular weight is 397 g/mol. The van der Waals surface area contributed by atoms with Crippen molar-refractivity contribution in [2.75, 3.05) is 6.54 Å². The Balaban J connectivity index is 2.17. The maximum absolute atomic E-state index is 12.5. The molecule has 26 heavy (non-hydrogen) atoms. The van der Waals surface area contributed by atoms with Gasteiger partial charge in [0.1, 0.15) is 5.82 Å². The van der Waals surface area contributed by atoms with Gasteiger partial charge in [-0.25, -0.2) is 9.78 Å². The van der Waals surface area contributed by atoms with Gasteiger partial charge in [-0.05, 0) is 37.5 Å². The summed E-state index contributed by atoms with van der Waals surface area (Å²) in [5.74, 6) is 1.18. The first-order chi connectivity index (χ1) is 12.3. The van der Waals surface area contributed by atoms with Gasteiger partial charge in [0, 0.05) is 35.0 Å². The molecule has 0 radical (unpaired) electrons. The fourth-order valence-electron chi connectivity index (χ4n) is 2.64. The minimum Gasteiger partial charge on any atom is -0.336 e. The minimum atomic E-state index is -0.0761. The molecule has 2 aromatic rings. The number of halogens is 2. The van der Waals surface area contributed by atoms with Crippen molar-refractivity contribution in [3.05, 3.63) is 52.0 Å². The summed E-state index contributed by atoms with van der Waals surface area (Å²) in [7, 11) is 0. The second-order valence-electron chi connectivity index (χ2n) is 7.09. The van der Waals surface area contributed by atoms with Crippen molar-refractivity contribution >= 4 is 29.2 Å². The third-order valence-corrected chi connectivity index (χ3v) is 4.36. The molecule has 0 spiro atoms. The van der Waals surface area contributed by atoms with Gasteiger partial charge in [-0.2, -0.15) is 0 Å². The van der Waals surface area contributed by atoms with E-state index < -0.39 is 0 Å². The number of hydrogen-bond donors (Lipinski definition) is 1. The molecule has 5 nitrogen and oxygen atoms in total. The zero-order chi connectivity index (χ0) is 19.3. The molecule has 0 aliphatic carbocycles. The number of benzene rings is 1. The summed E-state index contributed by atoms with van der Waals surface area (Å²) in [6.07, 6.45) is 3.64. The van der Waals surface area contributed by atoms with Crippen molar-refractivity contribution in [3.8, 4) is 0 Å². The summed E-state index contributed by atoms with van der Waals surface area (Å²) in [5, 5.41) is 4.19. The molecule has 0 fully saturated rings. The molecule has 2 rings (SSSR count). The van der Waals surface area contributed by atoms with Gasteiger partial charge in [-0.1, -0.05) is 43.1 Å². The van der Waals surface area contributed by atoms with Crippen LogP contribution in [0.1, 0.15) is 39.1 Å².